The van der Waals surface area contributed by atoms with E-state index in [4.69, 9.17) is 14.2 Å². The van der Waals surface area contributed by atoms with E-state index in [9.17, 15) is 35.5 Å². The second-order valence-electron chi connectivity index (χ2n) is 13.0. The molecule has 2 fully saturated rings. The van der Waals surface area contributed by atoms with Crippen molar-refractivity contribution in [2.45, 2.75) is 135 Å². The lowest BCUT2D eigenvalue weighted by Gasteiger charge is -2.47. The normalized spacial score (nSPS) is 48.6. The van der Waals surface area contributed by atoms with Crippen LogP contribution in [-0.2, 0) is 19.0 Å². The number of oxime groups is 1. The highest BCUT2D eigenvalue weighted by molar-refractivity contribution is 5.88. The van der Waals surface area contributed by atoms with Gasteiger partial charge in [0.2, 0.25) is 0 Å². The van der Waals surface area contributed by atoms with Gasteiger partial charge in [-0.15, -0.1) is 0 Å². The summed E-state index contributed by atoms with van der Waals surface area (Å²) >= 11 is 0. The Kier molecular flexibility index (Phi) is 12.2. The van der Waals surface area contributed by atoms with Gasteiger partial charge in [0.1, 0.15) is 17.8 Å². The smallest absolute Gasteiger partial charge is 0.311 e. The molecule has 14 atom stereocenters. The largest absolute Gasteiger partial charge is 0.459 e. The molecule has 2 rings (SSSR count). The molecule has 0 spiro atoms. The van der Waals surface area contributed by atoms with Gasteiger partial charge in [-0.2, -0.15) is 0 Å². The molecule has 0 saturated carbocycles. The number of cyclic esters (lactones) is 1. The summed E-state index contributed by atoms with van der Waals surface area (Å²) in [5, 5.41) is 70.3. The van der Waals surface area contributed by atoms with Crippen LogP contribution in [0.3, 0.4) is 0 Å². The molecule has 6 N–H and O–H groups in total. The molecule has 12 nitrogen and oxygen atoms in total. The van der Waals surface area contributed by atoms with Crippen molar-refractivity contribution in [1.82, 2.24) is 4.90 Å². The molecule has 0 unspecified atom stereocenters. The number of ether oxygens (including phenoxy) is 3. The number of nitrogens with zero attached hydrogens (tertiary/aromatic N) is 2. The molecule has 240 valence electrons. The van der Waals surface area contributed by atoms with Crippen LogP contribution in [0.2, 0.25) is 0 Å². The van der Waals surface area contributed by atoms with E-state index in [0.717, 1.165) is 0 Å². The highest BCUT2D eigenvalue weighted by Gasteiger charge is 2.51. The first-order chi connectivity index (χ1) is 18.8. The minimum Gasteiger partial charge on any atom is -0.459 e. The van der Waals surface area contributed by atoms with Crippen LogP contribution >= 0.6 is 0 Å². The van der Waals surface area contributed by atoms with Crippen molar-refractivity contribution in [2.75, 3.05) is 14.1 Å². The summed E-state index contributed by atoms with van der Waals surface area (Å²) < 4.78 is 17.9. The van der Waals surface area contributed by atoms with E-state index in [0.29, 0.717) is 6.42 Å². The van der Waals surface area contributed by atoms with Crippen LogP contribution in [0, 0.1) is 23.7 Å². The Morgan fingerprint density at radius 2 is 1.61 bits per heavy atom. The number of aliphatic hydroxyl groups is 5. The first-order valence-corrected chi connectivity index (χ1v) is 14.7. The summed E-state index contributed by atoms with van der Waals surface area (Å²) in [7, 11) is 3.68. The van der Waals surface area contributed by atoms with Crippen LogP contribution in [0.15, 0.2) is 5.16 Å². The molecule has 2 heterocycles. The van der Waals surface area contributed by atoms with Crippen molar-refractivity contribution in [3.63, 3.8) is 0 Å². The third kappa shape index (κ3) is 7.77. The second kappa shape index (κ2) is 13.9. The number of aliphatic hydroxyl groups excluding tert-OH is 3. The summed E-state index contributed by atoms with van der Waals surface area (Å²) in [5.74, 6) is -4.27. The van der Waals surface area contributed by atoms with Gasteiger partial charge in [-0.05, 0) is 61.1 Å². The lowest BCUT2D eigenvalue weighted by molar-refractivity contribution is -0.298. The standard InChI is InChI=1S/C29H54N2O10/c1-11-20-29(8,37)24(34)16(4)21(30-38)14(2)13-28(7,36)25(17(5)22(32)18(6)26(35)40-20)41-27-23(33)19(31(9)10)12-15(3)39-27/h14-20,22-25,27,32-34,36-38H,11-13H2,1-10H3/b30-21-/t14-,15-,16+,17+,18-,19+,20-,22+,23-,24-,25-,27+,28-,29-/m1/s1. The van der Waals surface area contributed by atoms with Crippen LogP contribution in [0.25, 0.3) is 0 Å². The predicted molar refractivity (Wildman–Crippen MR) is 151 cm³/mol. The van der Waals surface area contributed by atoms with E-state index in [1.165, 1.54) is 20.8 Å². The predicted octanol–water partition coefficient (Wildman–Crippen LogP) is 1.12. The Labute approximate surface area is 244 Å². The molecule has 0 radical (unpaired) electrons. The molecule has 0 aromatic carbocycles. The molecule has 0 aliphatic carbocycles. The molecule has 2 aliphatic rings. The van der Waals surface area contributed by atoms with E-state index < -0.39 is 77.7 Å². The summed E-state index contributed by atoms with van der Waals surface area (Å²) in [5.41, 5.74) is -3.51. The molecule has 41 heavy (non-hydrogen) atoms. The second-order valence-corrected chi connectivity index (χ2v) is 13.0. The molecule has 0 amide bonds. The number of hydrogen-bond donors (Lipinski definition) is 6. The van der Waals surface area contributed by atoms with Gasteiger partial charge in [0, 0.05) is 23.8 Å². The maximum absolute atomic E-state index is 13.2. The molecular formula is C29H54N2O10. The van der Waals surface area contributed by atoms with Crippen molar-refractivity contribution in [3.05, 3.63) is 0 Å². The van der Waals surface area contributed by atoms with E-state index in [1.807, 2.05) is 25.9 Å². The van der Waals surface area contributed by atoms with Gasteiger partial charge in [-0.3, -0.25) is 4.79 Å². The minimum atomic E-state index is -1.91. The highest BCUT2D eigenvalue weighted by Crippen LogP contribution is 2.37. The number of carbonyl (C=O) groups is 1. The monoisotopic (exact) mass is 590 g/mol. The van der Waals surface area contributed by atoms with Crippen molar-refractivity contribution in [1.29, 1.82) is 0 Å². The van der Waals surface area contributed by atoms with E-state index in [1.54, 1.807) is 27.7 Å². The van der Waals surface area contributed by atoms with E-state index in [2.05, 4.69) is 5.16 Å². The zero-order valence-electron chi connectivity index (χ0n) is 26.3. The highest BCUT2D eigenvalue weighted by atomic mass is 16.7. The maximum atomic E-state index is 13.2. The lowest BCUT2D eigenvalue weighted by atomic mass is 9.73. The van der Waals surface area contributed by atoms with Crippen molar-refractivity contribution >= 4 is 11.7 Å². The number of carbonyl (C=O) groups excluding carboxylic acids is 1. The lowest BCUT2D eigenvalue weighted by Crippen LogP contribution is -2.60. The molecule has 12 heteroatoms. The first-order valence-electron chi connectivity index (χ1n) is 14.7. The third-order valence-electron chi connectivity index (χ3n) is 9.23. The molecule has 2 aliphatic heterocycles. The Hall–Kier alpha value is -1.38. The van der Waals surface area contributed by atoms with Gasteiger partial charge in [0.15, 0.2) is 6.29 Å². The van der Waals surface area contributed by atoms with E-state index >= 15 is 0 Å². The fourth-order valence-corrected chi connectivity index (χ4v) is 6.61. The average molecular weight is 591 g/mol. The Morgan fingerprint density at radius 1 is 1.02 bits per heavy atom. The molecule has 0 aromatic rings. The molecule has 0 bridgehead atoms. The van der Waals surface area contributed by atoms with E-state index in [-0.39, 0.29) is 30.7 Å². The van der Waals surface area contributed by atoms with Gasteiger partial charge in [-0.25, -0.2) is 0 Å². The zero-order valence-corrected chi connectivity index (χ0v) is 26.3. The van der Waals surface area contributed by atoms with Gasteiger partial charge in [0.25, 0.3) is 0 Å². The van der Waals surface area contributed by atoms with Crippen LogP contribution in [0.4, 0.5) is 0 Å². The minimum absolute atomic E-state index is 0.0428. The number of hydrogen-bond acceptors (Lipinski definition) is 12. The number of rotatable bonds is 4. The summed E-state index contributed by atoms with van der Waals surface area (Å²) in [6, 6.07) is -0.283. The van der Waals surface area contributed by atoms with Gasteiger partial charge >= 0.3 is 5.97 Å². The average Bonchev–Trinajstić information content (AvgIpc) is 2.88. The van der Waals surface area contributed by atoms with Crippen LogP contribution < -0.4 is 0 Å². The summed E-state index contributed by atoms with van der Waals surface area (Å²) in [4.78, 5) is 15.1. The quantitative estimate of drug-likeness (QED) is 0.157. The number of esters is 1. The van der Waals surface area contributed by atoms with Gasteiger partial charge < -0.3 is 49.9 Å². The Morgan fingerprint density at radius 3 is 2.12 bits per heavy atom. The third-order valence-corrected chi connectivity index (χ3v) is 9.23. The first kappa shape index (κ1) is 35.8. The Bertz CT molecular complexity index is 897. The molecule has 0 aromatic heterocycles. The molecule has 2 saturated heterocycles. The van der Waals surface area contributed by atoms with Crippen LogP contribution in [0.5, 0.6) is 0 Å². The number of likely N-dealkylation sites (N-methyl/N-ethyl adjacent to an activating group) is 1. The van der Waals surface area contributed by atoms with Crippen LogP contribution in [-0.4, -0.2) is 122 Å². The zero-order chi connectivity index (χ0) is 31.6. The van der Waals surface area contributed by atoms with Gasteiger partial charge in [-0.1, -0.05) is 32.9 Å². The van der Waals surface area contributed by atoms with Gasteiger partial charge in [0.05, 0.1) is 41.6 Å². The maximum Gasteiger partial charge on any atom is 0.311 e. The van der Waals surface area contributed by atoms with Crippen molar-refractivity contribution in [2.24, 2.45) is 28.8 Å². The summed E-state index contributed by atoms with van der Waals surface area (Å²) in [6.07, 6.45) is -6.92. The Balaban J connectivity index is 2.60. The fraction of sp³-hybridized carbons (Fsp3) is 0.931. The van der Waals surface area contributed by atoms with Crippen molar-refractivity contribution in [3.8, 4) is 0 Å². The molecular weight excluding hydrogens is 536 g/mol. The summed E-state index contributed by atoms with van der Waals surface area (Å²) in [6.45, 7) is 12.8. The fourth-order valence-electron chi connectivity index (χ4n) is 6.61. The van der Waals surface area contributed by atoms with Crippen molar-refractivity contribution < 1.29 is 49.7 Å². The van der Waals surface area contributed by atoms with Crippen LogP contribution in [0.1, 0.15) is 74.7 Å². The SMILES string of the molecule is CC[C@H]1OC(=O)[C@H](C)[C@@H](O)[C@H](C)[C@@H](O[C@@H]2O[C@H](C)C[C@H](N(C)C)[C@H]2O)[C@](C)(O)C[C@@H](C)/C(=N/O)[C@H](C)[C@@H](O)[C@]1(C)O. The topological polar surface area (TPSA) is 182 Å².